The number of thioether (sulfide) groups is 1. The molecule has 3 rings (SSSR count). The topological polar surface area (TPSA) is 36.0 Å². The van der Waals surface area contributed by atoms with E-state index in [1.165, 1.54) is 12.1 Å². The number of likely N-dealkylation sites (tertiary alicyclic amines) is 1. The van der Waals surface area contributed by atoms with Crippen molar-refractivity contribution >= 4 is 23.4 Å². The van der Waals surface area contributed by atoms with E-state index in [0.717, 1.165) is 57.2 Å². The zero-order valence-corrected chi connectivity index (χ0v) is 16.8. The van der Waals surface area contributed by atoms with Crippen LogP contribution < -0.4 is 9.64 Å². The molecule has 6 heteroatoms. The zero-order chi connectivity index (χ0) is 18.4. The van der Waals surface area contributed by atoms with Gasteiger partial charge in [-0.05, 0) is 43.4 Å². The van der Waals surface area contributed by atoms with E-state index < -0.39 is 0 Å². The number of rotatable bonds is 6. The number of hydrogen-bond acceptors (Lipinski definition) is 5. The van der Waals surface area contributed by atoms with Crippen molar-refractivity contribution in [2.45, 2.75) is 25.3 Å². The summed E-state index contributed by atoms with van der Waals surface area (Å²) < 4.78 is 5.25. The number of nitrogens with zero attached hydrogens (tertiary/aromatic N) is 3. The van der Waals surface area contributed by atoms with Gasteiger partial charge in [0.05, 0.1) is 7.11 Å². The fourth-order valence-corrected chi connectivity index (χ4v) is 4.34. The smallest absolute Gasteiger partial charge is 0.223 e. The first kappa shape index (κ1) is 19.4. The van der Waals surface area contributed by atoms with Gasteiger partial charge in [-0.1, -0.05) is 0 Å². The van der Waals surface area contributed by atoms with Crippen LogP contribution in [0.5, 0.6) is 5.75 Å². The summed E-state index contributed by atoms with van der Waals surface area (Å²) in [7, 11) is 1.70. The molecule has 144 valence electrons. The van der Waals surface area contributed by atoms with Gasteiger partial charge >= 0.3 is 0 Å². The molecule has 1 amide bonds. The van der Waals surface area contributed by atoms with Gasteiger partial charge in [0.15, 0.2) is 0 Å². The number of piperazine rings is 1. The van der Waals surface area contributed by atoms with Crippen molar-refractivity contribution in [1.82, 2.24) is 9.80 Å². The second kappa shape index (κ2) is 9.51. The summed E-state index contributed by atoms with van der Waals surface area (Å²) in [6, 6.07) is 8.87. The lowest BCUT2D eigenvalue weighted by Crippen LogP contribution is -2.55. The lowest BCUT2D eigenvalue weighted by molar-refractivity contribution is -0.132. The monoisotopic (exact) mass is 377 g/mol. The molecule has 0 aromatic heterocycles. The predicted octanol–water partition coefficient (Wildman–Crippen LogP) is 2.56. The highest BCUT2D eigenvalue weighted by molar-refractivity contribution is 7.98. The normalized spacial score (nSPS) is 21.7. The molecule has 0 N–H and O–H groups in total. The summed E-state index contributed by atoms with van der Waals surface area (Å²) >= 11 is 1.75. The Hall–Kier alpha value is -1.40. The minimum absolute atomic E-state index is 0.334. The van der Waals surface area contributed by atoms with Crippen molar-refractivity contribution in [3.8, 4) is 5.75 Å². The Morgan fingerprint density at radius 2 is 1.88 bits per heavy atom. The van der Waals surface area contributed by atoms with Crippen molar-refractivity contribution in [2.75, 3.05) is 63.3 Å². The van der Waals surface area contributed by atoms with Gasteiger partial charge in [-0.25, -0.2) is 0 Å². The molecule has 2 saturated heterocycles. The van der Waals surface area contributed by atoms with Crippen molar-refractivity contribution in [1.29, 1.82) is 0 Å². The van der Waals surface area contributed by atoms with Crippen molar-refractivity contribution < 1.29 is 9.53 Å². The van der Waals surface area contributed by atoms with Crippen LogP contribution in [0.1, 0.15) is 19.3 Å². The molecule has 1 aromatic carbocycles. The molecule has 0 saturated carbocycles. The summed E-state index contributed by atoms with van der Waals surface area (Å²) in [5, 5.41) is 0. The third-order valence-electron chi connectivity index (χ3n) is 5.54. The highest BCUT2D eigenvalue weighted by Gasteiger charge is 2.29. The van der Waals surface area contributed by atoms with Gasteiger partial charge < -0.3 is 14.5 Å². The minimum atomic E-state index is 0.334. The van der Waals surface area contributed by atoms with Crippen LogP contribution in [0, 0.1) is 0 Å². The average Bonchev–Trinajstić information content (AvgIpc) is 2.72. The number of carbonyl (C=O) groups is 1. The van der Waals surface area contributed by atoms with Crippen LogP contribution in [0.25, 0.3) is 0 Å². The number of hydrogen-bond donors (Lipinski definition) is 0. The van der Waals surface area contributed by atoms with Crippen LogP contribution >= 0.6 is 11.8 Å². The Balaban J connectivity index is 1.50. The molecule has 1 atom stereocenters. The molecule has 0 radical (unpaired) electrons. The first-order valence-corrected chi connectivity index (χ1v) is 11.0. The molecule has 5 nitrogen and oxygen atoms in total. The Kier molecular flexibility index (Phi) is 7.08. The van der Waals surface area contributed by atoms with Crippen LogP contribution in [-0.4, -0.2) is 80.1 Å². The number of benzene rings is 1. The van der Waals surface area contributed by atoms with Gasteiger partial charge in [0.25, 0.3) is 0 Å². The van der Waals surface area contributed by atoms with Crippen molar-refractivity contribution in [3.05, 3.63) is 24.3 Å². The van der Waals surface area contributed by atoms with E-state index in [0.29, 0.717) is 18.4 Å². The number of amides is 1. The van der Waals surface area contributed by atoms with Crippen LogP contribution in [0.3, 0.4) is 0 Å². The van der Waals surface area contributed by atoms with E-state index in [2.05, 4.69) is 33.1 Å². The molecule has 1 aromatic rings. The predicted molar refractivity (Wildman–Crippen MR) is 109 cm³/mol. The number of piperidine rings is 1. The molecule has 0 aliphatic carbocycles. The SMILES string of the molecule is COc1ccc(N2CCN([C@@H]3CCCN(C(=O)CCSC)C3)CC2)cc1. The second-order valence-electron chi connectivity index (χ2n) is 7.10. The molecule has 2 aliphatic rings. The molecular formula is C20H31N3O2S. The maximum atomic E-state index is 12.4. The molecular weight excluding hydrogens is 346 g/mol. The average molecular weight is 378 g/mol. The van der Waals surface area contributed by atoms with Gasteiger partial charge in [0, 0.05) is 63.2 Å². The maximum absolute atomic E-state index is 12.4. The van der Waals surface area contributed by atoms with Gasteiger partial charge in [-0.2, -0.15) is 11.8 Å². The number of anilines is 1. The lowest BCUT2D eigenvalue weighted by atomic mass is 10.0. The highest BCUT2D eigenvalue weighted by Crippen LogP contribution is 2.23. The molecule has 0 unspecified atom stereocenters. The fraction of sp³-hybridized carbons (Fsp3) is 0.650. The third kappa shape index (κ3) is 4.86. The van der Waals surface area contributed by atoms with Crippen LogP contribution in [0.4, 0.5) is 5.69 Å². The molecule has 0 spiro atoms. The fourth-order valence-electron chi connectivity index (χ4n) is 3.97. The Bertz CT molecular complexity index is 573. The number of methoxy groups -OCH3 is 1. The van der Waals surface area contributed by atoms with Gasteiger partial charge in [0.1, 0.15) is 5.75 Å². The molecule has 2 heterocycles. The van der Waals surface area contributed by atoms with E-state index in [9.17, 15) is 4.79 Å². The van der Waals surface area contributed by atoms with E-state index in [4.69, 9.17) is 4.74 Å². The summed E-state index contributed by atoms with van der Waals surface area (Å²) in [5.41, 5.74) is 1.27. The van der Waals surface area contributed by atoms with Gasteiger partial charge in [-0.15, -0.1) is 0 Å². The third-order valence-corrected chi connectivity index (χ3v) is 6.15. The molecule has 26 heavy (non-hydrogen) atoms. The van der Waals surface area contributed by atoms with Crippen LogP contribution in [0.2, 0.25) is 0 Å². The molecule has 2 fully saturated rings. The van der Waals surface area contributed by atoms with Gasteiger partial charge in [0.2, 0.25) is 5.91 Å². The summed E-state index contributed by atoms with van der Waals surface area (Å²) in [6.45, 7) is 6.09. The minimum Gasteiger partial charge on any atom is -0.497 e. The standard InChI is InChI=1S/C20H31N3O2S/c1-25-19-7-5-17(6-8-19)21-11-13-22(14-12-21)18-4-3-10-23(16-18)20(24)9-15-26-2/h5-8,18H,3-4,9-16H2,1-2H3/t18-/m1/s1. The number of ether oxygens (including phenoxy) is 1. The highest BCUT2D eigenvalue weighted by atomic mass is 32.2. The Morgan fingerprint density at radius 1 is 1.15 bits per heavy atom. The Morgan fingerprint density at radius 3 is 2.54 bits per heavy atom. The van der Waals surface area contributed by atoms with Crippen molar-refractivity contribution in [2.24, 2.45) is 0 Å². The van der Waals surface area contributed by atoms with Crippen molar-refractivity contribution in [3.63, 3.8) is 0 Å². The van der Waals surface area contributed by atoms with E-state index >= 15 is 0 Å². The lowest BCUT2D eigenvalue weighted by Gasteiger charge is -2.44. The van der Waals surface area contributed by atoms with E-state index in [1.807, 2.05) is 12.1 Å². The summed E-state index contributed by atoms with van der Waals surface area (Å²) in [5.74, 6) is 2.17. The summed E-state index contributed by atoms with van der Waals surface area (Å²) in [6.07, 6.45) is 5.09. The summed E-state index contributed by atoms with van der Waals surface area (Å²) in [4.78, 5) is 19.5. The quantitative estimate of drug-likeness (QED) is 0.761. The van der Waals surface area contributed by atoms with Crippen LogP contribution in [-0.2, 0) is 4.79 Å². The molecule has 0 bridgehead atoms. The van der Waals surface area contributed by atoms with Gasteiger partial charge in [-0.3, -0.25) is 9.69 Å². The Labute approximate surface area is 161 Å². The first-order chi connectivity index (χ1) is 12.7. The first-order valence-electron chi connectivity index (χ1n) is 9.61. The second-order valence-corrected chi connectivity index (χ2v) is 8.09. The largest absolute Gasteiger partial charge is 0.497 e. The van der Waals surface area contributed by atoms with E-state index in [1.54, 1.807) is 18.9 Å². The zero-order valence-electron chi connectivity index (χ0n) is 16.0. The maximum Gasteiger partial charge on any atom is 0.223 e. The molecule has 2 aliphatic heterocycles. The van der Waals surface area contributed by atoms with Crippen LogP contribution in [0.15, 0.2) is 24.3 Å². The number of carbonyl (C=O) groups excluding carboxylic acids is 1. The van der Waals surface area contributed by atoms with E-state index in [-0.39, 0.29) is 0 Å².